The second-order valence-electron chi connectivity index (χ2n) is 8.42. The van der Waals surface area contributed by atoms with Crippen LogP contribution < -0.4 is 10.7 Å². The lowest BCUT2D eigenvalue weighted by Crippen LogP contribution is -2.35. The molecule has 0 saturated carbocycles. The average Bonchev–Trinajstić information content (AvgIpc) is 2.90. The van der Waals surface area contributed by atoms with Gasteiger partial charge in [0.2, 0.25) is 5.43 Å². The number of fused-ring (bicyclic) bond motifs is 2. The summed E-state index contributed by atoms with van der Waals surface area (Å²) < 4.78 is 22.0. The lowest BCUT2D eigenvalue weighted by molar-refractivity contribution is -0.142. The highest BCUT2D eigenvalue weighted by Crippen LogP contribution is 2.42. The van der Waals surface area contributed by atoms with Crippen LogP contribution in [-0.4, -0.2) is 37.7 Å². The zero-order valence-corrected chi connectivity index (χ0v) is 21.1. The molecule has 0 radical (unpaired) electrons. The molecule has 9 heteroatoms. The topological polar surface area (TPSA) is 121 Å². The maximum Gasteiger partial charge on any atom is 0.337 e. The van der Waals surface area contributed by atoms with Crippen molar-refractivity contribution in [3.05, 3.63) is 80.8 Å². The van der Waals surface area contributed by atoms with Crippen molar-refractivity contribution >= 4 is 39.8 Å². The first-order chi connectivity index (χ1) is 18.3. The van der Waals surface area contributed by atoms with Gasteiger partial charge in [0.1, 0.15) is 17.8 Å². The minimum Gasteiger partial charge on any atom is -0.463 e. The second-order valence-corrected chi connectivity index (χ2v) is 8.42. The number of hydrogen-bond acceptors (Lipinski definition) is 9. The van der Waals surface area contributed by atoms with Crippen molar-refractivity contribution in [3.63, 3.8) is 0 Å². The summed E-state index contributed by atoms with van der Waals surface area (Å²) >= 11 is 0. The van der Waals surface area contributed by atoms with Gasteiger partial charge in [0.15, 0.2) is 6.61 Å². The molecule has 0 fully saturated rings. The van der Waals surface area contributed by atoms with Crippen molar-refractivity contribution in [2.75, 3.05) is 19.8 Å². The molecular formula is C29H25NO8. The van der Waals surface area contributed by atoms with E-state index >= 15 is 0 Å². The lowest BCUT2D eigenvalue weighted by Gasteiger charge is -2.31. The van der Waals surface area contributed by atoms with Gasteiger partial charge in [-0.1, -0.05) is 30.2 Å². The Morgan fingerprint density at radius 2 is 1.71 bits per heavy atom. The fourth-order valence-electron chi connectivity index (χ4n) is 4.47. The summed E-state index contributed by atoms with van der Waals surface area (Å²) in [4.78, 5) is 51.6. The van der Waals surface area contributed by atoms with E-state index in [0.29, 0.717) is 22.2 Å². The smallest absolute Gasteiger partial charge is 0.337 e. The number of ether oxygens (including phenoxy) is 3. The highest BCUT2D eigenvalue weighted by atomic mass is 16.5. The van der Waals surface area contributed by atoms with Gasteiger partial charge >= 0.3 is 17.9 Å². The van der Waals surface area contributed by atoms with Crippen molar-refractivity contribution < 1.29 is 33.0 Å². The van der Waals surface area contributed by atoms with Crippen LogP contribution in [0.5, 0.6) is 0 Å². The molecule has 0 spiro atoms. The third-order valence-electron chi connectivity index (χ3n) is 6.01. The van der Waals surface area contributed by atoms with Crippen LogP contribution in [0.3, 0.4) is 0 Å². The maximum absolute atomic E-state index is 13.4. The predicted molar refractivity (Wildman–Crippen MR) is 139 cm³/mol. The number of rotatable bonds is 7. The molecule has 0 aliphatic carbocycles. The average molecular weight is 516 g/mol. The standard InChI is InChI=1S/C29H25NO8/c1-5-14-36-28(33)23-16(3)30-21(15-37-17(4)31)25(29(34)35-6-2)24(23)19-11-9-12-20-26(32)18-10-7-8-13-22(18)38-27(19)20/h1,7-13,24,30H,6,14-15H2,2-4H3. The summed E-state index contributed by atoms with van der Waals surface area (Å²) in [5.41, 5.74) is 1.24. The van der Waals surface area contributed by atoms with Crippen molar-refractivity contribution in [2.24, 2.45) is 0 Å². The molecule has 2 aromatic carbocycles. The molecule has 1 aliphatic rings. The minimum absolute atomic E-state index is 0.00895. The lowest BCUT2D eigenvalue weighted by atomic mass is 9.79. The Balaban J connectivity index is 2.06. The molecule has 0 bridgehead atoms. The molecular weight excluding hydrogens is 490 g/mol. The molecule has 0 amide bonds. The Morgan fingerprint density at radius 3 is 2.42 bits per heavy atom. The van der Waals surface area contributed by atoms with Gasteiger partial charge in [0.25, 0.3) is 0 Å². The molecule has 1 aromatic heterocycles. The Morgan fingerprint density at radius 1 is 1.00 bits per heavy atom. The maximum atomic E-state index is 13.4. The van der Waals surface area contributed by atoms with E-state index in [2.05, 4.69) is 11.2 Å². The number of carbonyl (C=O) groups is 3. The first kappa shape index (κ1) is 26.2. The monoisotopic (exact) mass is 515 g/mol. The molecule has 38 heavy (non-hydrogen) atoms. The molecule has 1 aliphatic heterocycles. The number of para-hydroxylation sites is 2. The Labute approximate surface area is 218 Å². The molecule has 194 valence electrons. The summed E-state index contributed by atoms with van der Waals surface area (Å²) in [6.07, 6.45) is 5.30. The fraction of sp³-hybridized carbons (Fsp3) is 0.241. The number of nitrogens with one attached hydrogen (secondary N) is 1. The van der Waals surface area contributed by atoms with Gasteiger partial charge in [0.05, 0.1) is 40.1 Å². The van der Waals surface area contributed by atoms with Crippen molar-refractivity contribution in [1.29, 1.82) is 0 Å². The molecule has 0 saturated heterocycles. The number of benzene rings is 2. The van der Waals surface area contributed by atoms with Gasteiger partial charge in [-0.05, 0) is 32.0 Å². The highest BCUT2D eigenvalue weighted by molar-refractivity contribution is 6.02. The third kappa shape index (κ3) is 4.89. The number of carbonyl (C=O) groups excluding carboxylic acids is 3. The molecule has 1 unspecified atom stereocenters. The van der Waals surface area contributed by atoms with E-state index in [0.717, 1.165) is 0 Å². The van der Waals surface area contributed by atoms with Crippen LogP contribution in [0.1, 0.15) is 32.3 Å². The van der Waals surface area contributed by atoms with E-state index < -0.39 is 23.8 Å². The van der Waals surface area contributed by atoms with E-state index in [-0.39, 0.29) is 53.1 Å². The van der Waals surface area contributed by atoms with Crippen molar-refractivity contribution in [3.8, 4) is 12.3 Å². The molecule has 3 aromatic rings. The van der Waals surface area contributed by atoms with Crippen molar-refractivity contribution in [2.45, 2.75) is 26.7 Å². The predicted octanol–water partition coefficient (Wildman–Crippen LogP) is 3.46. The highest BCUT2D eigenvalue weighted by Gasteiger charge is 2.40. The van der Waals surface area contributed by atoms with Crippen LogP contribution in [0, 0.1) is 12.3 Å². The van der Waals surface area contributed by atoms with E-state index in [1.165, 1.54) is 6.92 Å². The van der Waals surface area contributed by atoms with Crippen molar-refractivity contribution in [1.82, 2.24) is 5.32 Å². The second kappa shape index (κ2) is 11.0. The SMILES string of the molecule is C#CCOC(=O)C1=C(C)NC(COC(C)=O)=C(C(=O)OCC)C1c1cccc2c(=O)c3ccccc3oc12. The summed E-state index contributed by atoms with van der Waals surface area (Å²) in [7, 11) is 0. The molecule has 9 nitrogen and oxygen atoms in total. The number of hydrogen-bond donors (Lipinski definition) is 1. The van der Waals surface area contributed by atoms with Crippen LogP contribution in [0.25, 0.3) is 21.9 Å². The zero-order chi connectivity index (χ0) is 27.4. The van der Waals surface area contributed by atoms with Gasteiger partial charge in [-0.15, -0.1) is 6.42 Å². The van der Waals surface area contributed by atoms with E-state index in [9.17, 15) is 19.2 Å². The van der Waals surface area contributed by atoms with E-state index in [1.54, 1.807) is 56.3 Å². The molecule has 2 heterocycles. The summed E-state index contributed by atoms with van der Waals surface area (Å²) in [5.74, 6) is -0.932. The molecule has 4 rings (SSSR count). The van der Waals surface area contributed by atoms with Crippen LogP contribution in [0.2, 0.25) is 0 Å². The Bertz CT molecular complexity index is 1620. The van der Waals surface area contributed by atoms with Crippen LogP contribution in [-0.2, 0) is 28.6 Å². The van der Waals surface area contributed by atoms with E-state index in [4.69, 9.17) is 25.1 Å². The largest absolute Gasteiger partial charge is 0.463 e. The van der Waals surface area contributed by atoms with Crippen LogP contribution in [0.15, 0.2) is 74.2 Å². The van der Waals surface area contributed by atoms with Gasteiger partial charge in [-0.25, -0.2) is 9.59 Å². The molecule has 1 N–H and O–H groups in total. The number of terminal acetylenes is 1. The summed E-state index contributed by atoms with van der Waals surface area (Å²) in [6.45, 7) is 3.96. The number of esters is 3. The third-order valence-corrected chi connectivity index (χ3v) is 6.01. The fourth-order valence-corrected chi connectivity index (χ4v) is 4.47. The first-order valence-corrected chi connectivity index (χ1v) is 11.8. The molecule has 1 atom stereocenters. The van der Waals surface area contributed by atoms with Gasteiger partial charge in [0, 0.05) is 18.2 Å². The number of dihydropyridines is 1. The minimum atomic E-state index is -1.10. The summed E-state index contributed by atoms with van der Waals surface area (Å²) in [6, 6.07) is 11.7. The zero-order valence-electron chi connectivity index (χ0n) is 21.1. The summed E-state index contributed by atoms with van der Waals surface area (Å²) in [5, 5.41) is 3.64. The van der Waals surface area contributed by atoms with Gasteiger partial charge in [-0.2, -0.15) is 0 Å². The quantitative estimate of drug-likeness (QED) is 0.218. The first-order valence-electron chi connectivity index (χ1n) is 11.8. The van der Waals surface area contributed by atoms with Gasteiger partial charge < -0.3 is 23.9 Å². The van der Waals surface area contributed by atoms with E-state index in [1.807, 2.05) is 0 Å². The van der Waals surface area contributed by atoms with Gasteiger partial charge in [-0.3, -0.25) is 9.59 Å². The van der Waals surface area contributed by atoms with Crippen LogP contribution in [0.4, 0.5) is 0 Å². The number of allylic oxidation sites excluding steroid dienone is 1. The Kier molecular flexibility index (Phi) is 7.63. The Hall–Kier alpha value is -4.84. The normalized spacial score (nSPS) is 15.2. The van der Waals surface area contributed by atoms with Crippen LogP contribution >= 0.6 is 0 Å².